The van der Waals surface area contributed by atoms with E-state index < -0.39 is 0 Å². The van der Waals surface area contributed by atoms with Gasteiger partial charge in [0.25, 0.3) is 11.8 Å². The average molecular weight is 355 g/mol. The van der Waals surface area contributed by atoms with Gasteiger partial charge in [-0.05, 0) is 23.3 Å². The number of nitrogens with zero attached hydrogens (tertiary/aromatic N) is 1. The van der Waals surface area contributed by atoms with Gasteiger partial charge in [-0.3, -0.25) is 14.5 Å². The molecule has 0 aliphatic carbocycles. The number of hydrogen-bond acceptors (Lipinski definition) is 3. The molecule has 0 saturated heterocycles. The fraction of sp³-hybridized carbons (Fsp3) is 0.200. The number of benzene rings is 2. The number of amides is 2. The molecule has 0 fully saturated rings. The first-order chi connectivity index (χ1) is 12.0. The van der Waals surface area contributed by atoms with E-state index in [9.17, 15) is 14.0 Å². The number of rotatable bonds is 5. The third kappa shape index (κ3) is 3.66. The smallest absolute Gasteiger partial charge is 0.268 e. The molecule has 0 unspecified atom stereocenters. The van der Waals surface area contributed by atoms with Crippen LogP contribution in [0.3, 0.4) is 0 Å². The Balaban J connectivity index is 1.99. The molecule has 1 heterocycles. The highest BCUT2D eigenvalue weighted by atomic mass is 32.2. The molecule has 1 aliphatic heterocycles. The van der Waals surface area contributed by atoms with Gasteiger partial charge in [-0.1, -0.05) is 56.3 Å². The van der Waals surface area contributed by atoms with Gasteiger partial charge in [0, 0.05) is 5.25 Å². The molecule has 0 N–H and O–H groups in total. The van der Waals surface area contributed by atoms with Crippen molar-refractivity contribution >= 4 is 29.1 Å². The van der Waals surface area contributed by atoms with Crippen LogP contribution in [0.2, 0.25) is 0 Å². The van der Waals surface area contributed by atoms with Gasteiger partial charge in [0.05, 0.1) is 17.0 Å². The third-order valence-corrected chi connectivity index (χ3v) is 4.88. The van der Waals surface area contributed by atoms with Gasteiger partial charge in [-0.2, -0.15) is 0 Å². The van der Waals surface area contributed by atoms with Crippen molar-refractivity contribution in [2.45, 2.75) is 25.6 Å². The Labute approximate surface area is 150 Å². The number of halogens is 1. The van der Waals surface area contributed by atoms with Crippen molar-refractivity contribution in [2.75, 3.05) is 0 Å². The lowest BCUT2D eigenvalue weighted by Gasteiger charge is -2.15. The van der Waals surface area contributed by atoms with Crippen molar-refractivity contribution in [1.29, 1.82) is 0 Å². The van der Waals surface area contributed by atoms with Crippen LogP contribution in [-0.2, 0) is 16.1 Å². The van der Waals surface area contributed by atoms with E-state index in [0.717, 1.165) is 5.56 Å². The quantitative estimate of drug-likeness (QED) is 0.753. The highest BCUT2D eigenvalue weighted by Crippen LogP contribution is 2.38. The van der Waals surface area contributed by atoms with Gasteiger partial charge in [0.1, 0.15) is 5.82 Å². The Bertz CT molecular complexity index is 829. The van der Waals surface area contributed by atoms with Crippen molar-refractivity contribution in [2.24, 2.45) is 0 Å². The zero-order valence-electron chi connectivity index (χ0n) is 14.0. The summed E-state index contributed by atoms with van der Waals surface area (Å²) < 4.78 is 13.2. The van der Waals surface area contributed by atoms with Crippen LogP contribution in [0.4, 0.5) is 4.39 Å². The molecule has 2 amide bonds. The summed E-state index contributed by atoms with van der Waals surface area (Å²) in [5.74, 6) is -0.990. The van der Waals surface area contributed by atoms with Crippen molar-refractivity contribution in [3.8, 4) is 0 Å². The van der Waals surface area contributed by atoms with Gasteiger partial charge in [0.15, 0.2) is 0 Å². The number of imide groups is 1. The summed E-state index contributed by atoms with van der Waals surface area (Å²) in [5.41, 5.74) is 1.82. The van der Waals surface area contributed by atoms with Crippen molar-refractivity contribution < 1.29 is 14.0 Å². The highest BCUT2D eigenvalue weighted by Gasteiger charge is 2.39. The monoisotopic (exact) mass is 355 g/mol. The Morgan fingerprint density at radius 2 is 1.60 bits per heavy atom. The van der Waals surface area contributed by atoms with E-state index in [1.807, 2.05) is 44.2 Å². The zero-order valence-corrected chi connectivity index (χ0v) is 14.8. The van der Waals surface area contributed by atoms with Crippen LogP contribution >= 0.6 is 11.8 Å². The van der Waals surface area contributed by atoms with E-state index in [2.05, 4.69) is 0 Å². The molecular formula is C20H18FNO2S. The molecule has 25 heavy (non-hydrogen) atoms. The van der Waals surface area contributed by atoms with Gasteiger partial charge in [0.2, 0.25) is 0 Å². The van der Waals surface area contributed by atoms with Gasteiger partial charge < -0.3 is 0 Å². The standard InChI is InChI=1S/C20H18FNO2S/c1-13(2)25-18-17(15-8-10-16(21)11-9-15)19(23)22(20(18)24)12-14-6-4-3-5-7-14/h3-11,13H,12H2,1-2H3. The van der Waals surface area contributed by atoms with Crippen LogP contribution in [-0.4, -0.2) is 22.0 Å². The molecular weight excluding hydrogens is 337 g/mol. The summed E-state index contributed by atoms with van der Waals surface area (Å²) in [6, 6.07) is 15.1. The number of thioether (sulfide) groups is 1. The van der Waals surface area contributed by atoms with Crippen molar-refractivity contribution in [3.05, 3.63) is 76.4 Å². The fourth-order valence-corrected chi connectivity index (χ4v) is 3.69. The Morgan fingerprint density at radius 3 is 2.20 bits per heavy atom. The van der Waals surface area contributed by atoms with Gasteiger partial charge >= 0.3 is 0 Å². The van der Waals surface area contributed by atoms with E-state index in [1.54, 1.807) is 12.1 Å². The van der Waals surface area contributed by atoms with Crippen LogP contribution in [0, 0.1) is 5.82 Å². The van der Waals surface area contributed by atoms with Gasteiger partial charge in [-0.15, -0.1) is 11.8 Å². The minimum Gasteiger partial charge on any atom is -0.269 e. The molecule has 0 radical (unpaired) electrons. The van der Waals surface area contributed by atoms with Crippen LogP contribution in [0.15, 0.2) is 59.5 Å². The minimum atomic E-state index is -0.375. The summed E-state index contributed by atoms with van der Waals surface area (Å²) >= 11 is 1.37. The predicted molar refractivity (Wildman–Crippen MR) is 98.0 cm³/mol. The molecule has 0 atom stereocenters. The van der Waals surface area contributed by atoms with E-state index in [1.165, 1.54) is 28.8 Å². The maximum Gasteiger partial charge on any atom is 0.268 e. The van der Waals surface area contributed by atoms with Crippen LogP contribution in [0.5, 0.6) is 0 Å². The molecule has 2 aromatic rings. The molecule has 128 valence electrons. The number of carbonyl (C=O) groups is 2. The second-order valence-corrected chi connectivity index (χ2v) is 7.65. The molecule has 0 saturated carbocycles. The SMILES string of the molecule is CC(C)SC1=C(c2ccc(F)cc2)C(=O)N(Cc2ccccc2)C1=O. The maximum absolute atomic E-state index is 13.2. The fourth-order valence-electron chi connectivity index (χ4n) is 2.68. The predicted octanol–water partition coefficient (Wildman–Crippen LogP) is 4.25. The molecule has 3 rings (SSSR count). The summed E-state index contributed by atoms with van der Waals surface area (Å²) in [6.07, 6.45) is 0. The molecule has 2 aromatic carbocycles. The van der Waals surface area contributed by atoms with Crippen molar-refractivity contribution in [1.82, 2.24) is 4.90 Å². The topological polar surface area (TPSA) is 37.4 Å². The van der Waals surface area contributed by atoms with Crippen LogP contribution in [0.25, 0.3) is 5.57 Å². The molecule has 0 bridgehead atoms. The lowest BCUT2D eigenvalue weighted by Crippen LogP contribution is -2.31. The summed E-state index contributed by atoms with van der Waals surface area (Å²) in [7, 11) is 0. The lowest BCUT2D eigenvalue weighted by molar-refractivity contribution is -0.137. The average Bonchev–Trinajstić information content (AvgIpc) is 2.81. The second kappa shape index (κ2) is 7.23. The number of hydrogen-bond donors (Lipinski definition) is 0. The highest BCUT2D eigenvalue weighted by molar-refractivity contribution is 8.04. The Morgan fingerprint density at radius 1 is 0.960 bits per heavy atom. The summed E-state index contributed by atoms with van der Waals surface area (Å²) in [6.45, 7) is 4.17. The molecule has 5 heteroatoms. The lowest BCUT2D eigenvalue weighted by atomic mass is 10.1. The normalized spacial score (nSPS) is 14.8. The molecule has 0 aromatic heterocycles. The van der Waals surface area contributed by atoms with Gasteiger partial charge in [-0.25, -0.2) is 4.39 Å². The van der Waals surface area contributed by atoms with E-state index in [0.29, 0.717) is 16.0 Å². The zero-order chi connectivity index (χ0) is 18.0. The second-order valence-electron chi connectivity index (χ2n) is 6.06. The Kier molecular flexibility index (Phi) is 5.04. The summed E-state index contributed by atoms with van der Waals surface area (Å²) in [5, 5.41) is 0.152. The Hall–Kier alpha value is -2.40. The molecule has 0 spiro atoms. The van der Waals surface area contributed by atoms with E-state index in [-0.39, 0.29) is 29.4 Å². The first kappa shape index (κ1) is 17.4. The maximum atomic E-state index is 13.2. The molecule has 3 nitrogen and oxygen atoms in total. The first-order valence-corrected chi connectivity index (χ1v) is 8.92. The summed E-state index contributed by atoms with van der Waals surface area (Å²) in [4.78, 5) is 27.5. The molecule has 1 aliphatic rings. The minimum absolute atomic E-state index is 0.152. The number of carbonyl (C=O) groups excluding carboxylic acids is 2. The largest absolute Gasteiger partial charge is 0.269 e. The van der Waals surface area contributed by atoms with Crippen LogP contribution < -0.4 is 0 Å². The van der Waals surface area contributed by atoms with E-state index >= 15 is 0 Å². The van der Waals surface area contributed by atoms with Crippen molar-refractivity contribution in [3.63, 3.8) is 0 Å². The third-order valence-electron chi connectivity index (χ3n) is 3.80. The van der Waals surface area contributed by atoms with E-state index in [4.69, 9.17) is 0 Å². The first-order valence-electron chi connectivity index (χ1n) is 8.04. The van der Waals surface area contributed by atoms with Crippen LogP contribution in [0.1, 0.15) is 25.0 Å².